The largest absolute Gasteiger partial charge is 0.461 e. The molecule has 0 aromatic carbocycles. The van der Waals surface area contributed by atoms with Gasteiger partial charge in [0, 0.05) is 38.6 Å². The van der Waals surface area contributed by atoms with Crippen LogP contribution in [0.4, 0.5) is 4.79 Å². The van der Waals surface area contributed by atoms with Crippen molar-refractivity contribution in [3.63, 3.8) is 0 Å². The van der Waals surface area contributed by atoms with Crippen molar-refractivity contribution in [2.24, 2.45) is 23.2 Å². The number of carbonyl (C=O) groups excluding carboxylic acids is 2. The van der Waals surface area contributed by atoms with Gasteiger partial charge in [-0.1, -0.05) is 31.9 Å². The summed E-state index contributed by atoms with van der Waals surface area (Å²) in [6.45, 7) is 10.5. The molecule has 0 aromatic rings. The van der Waals surface area contributed by atoms with Crippen molar-refractivity contribution < 1.29 is 19.1 Å². The number of esters is 1. The van der Waals surface area contributed by atoms with Crippen LogP contribution in [0.2, 0.25) is 0 Å². The fraction of sp³-hybridized carbons (Fsp3) is 0.818. The lowest BCUT2D eigenvalue weighted by atomic mass is 9.59. The number of carbonyl (C=O) groups is 2. The van der Waals surface area contributed by atoms with E-state index in [2.05, 4.69) is 24.8 Å². The second-order valence-corrected chi connectivity index (χ2v) is 9.33. The summed E-state index contributed by atoms with van der Waals surface area (Å²) < 4.78 is 11.0. The van der Waals surface area contributed by atoms with Crippen LogP contribution in [0.1, 0.15) is 46.5 Å². The van der Waals surface area contributed by atoms with Crippen LogP contribution >= 0.6 is 0 Å². The molecule has 3 fully saturated rings. The Morgan fingerprint density at radius 2 is 2.07 bits per heavy atom. The van der Waals surface area contributed by atoms with Crippen LogP contribution < -0.4 is 0 Å². The van der Waals surface area contributed by atoms with Gasteiger partial charge in [-0.2, -0.15) is 0 Å². The average Bonchev–Trinajstić information content (AvgIpc) is 2.95. The minimum Gasteiger partial charge on any atom is -0.461 e. The second kappa shape index (κ2) is 7.69. The molecule has 4 aliphatic rings. The van der Waals surface area contributed by atoms with Crippen LogP contribution in [-0.2, 0) is 14.3 Å². The Balaban J connectivity index is 1.42. The monoisotopic (exact) mass is 390 g/mol. The van der Waals surface area contributed by atoms with Crippen molar-refractivity contribution in [2.45, 2.75) is 52.6 Å². The molecular formula is C22H34N2O4. The highest BCUT2D eigenvalue weighted by Gasteiger charge is 2.52. The van der Waals surface area contributed by atoms with E-state index in [1.165, 1.54) is 19.3 Å². The lowest BCUT2D eigenvalue weighted by molar-refractivity contribution is -0.145. The predicted octanol–water partition coefficient (Wildman–Crippen LogP) is 3.07. The van der Waals surface area contributed by atoms with Gasteiger partial charge in [0.1, 0.15) is 6.10 Å². The molecule has 6 heteroatoms. The van der Waals surface area contributed by atoms with E-state index >= 15 is 0 Å². The first-order chi connectivity index (χ1) is 13.4. The number of ether oxygens (including phenoxy) is 2. The maximum absolute atomic E-state index is 12.7. The van der Waals surface area contributed by atoms with Gasteiger partial charge < -0.3 is 14.4 Å². The fourth-order valence-electron chi connectivity index (χ4n) is 5.86. The van der Waals surface area contributed by atoms with Gasteiger partial charge in [-0.15, -0.1) is 0 Å². The highest BCUT2D eigenvalue weighted by atomic mass is 16.6. The van der Waals surface area contributed by atoms with Crippen LogP contribution in [0, 0.1) is 23.2 Å². The summed E-state index contributed by atoms with van der Waals surface area (Å²) in [6, 6.07) is 0. The molecule has 2 aliphatic heterocycles. The summed E-state index contributed by atoms with van der Waals surface area (Å²) in [5, 5.41) is 0. The van der Waals surface area contributed by atoms with E-state index < -0.39 is 0 Å². The van der Waals surface area contributed by atoms with Crippen molar-refractivity contribution in [1.29, 1.82) is 0 Å². The molecule has 0 aromatic heterocycles. The van der Waals surface area contributed by atoms with Crippen molar-refractivity contribution in [3.8, 4) is 0 Å². The number of nitrogens with zero attached hydrogens (tertiary/aromatic N) is 2. The minimum atomic E-state index is -0.231. The van der Waals surface area contributed by atoms with E-state index in [1.807, 2.05) is 6.92 Å². The number of amides is 1. The molecule has 1 amide bonds. The fourth-order valence-corrected chi connectivity index (χ4v) is 5.86. The molecule has 2 saturated heterocycles. The number of rotatable bonds is 3. The van der Waals surface area contributed by atoms with Crippen LogP contribution in [0.5, 0.6) is 0 Å². The van der Waals surface area contributed by atoms with Crippen molar-refractivity contribution in [2.75, 3.05) is 39.3 Å². The summed E-state index contributed by atoms with van der Waals surface area (Å²) in [5.41, 5.74) is 1.77. The van der Waals surface area contributed by atoms with E-state index in [9.17, 15) is 9.59 Å². The van der Waals surface area contributed by atoms with Gasteiger partial charge in [0.2, 0.25) is 0 Å². The minimum absolute atomic E-state index is 0.0328. The summed E-state index contributed by atoms with van der Waals surface area (Å²) in [5.74, 6) is 0.711. The summed E-state index contributed by atoms with van der Waals surface area (Å²) >= 11 is 0. The van der Waals surface area contributed by atoms with Gasteiger partial charge in [-0.25, -0.2) is 4.79 Å². The van der Waals surface area contributed by atoms with Gasteiger partial charge in [0.05, 0.1) is 12.5 Å². The molecule has 0 spiro atoms. The van der Waals surface area contributed by atoms with E-state index in [1.54, 1.807) is 10.5 Å². The maximum Gasteiger partial charge on any atom is 0.409 e. The predicted molar refractivity (Wildman–Crippen MR) is 106 cm³/mol. The molecule has 28 heavy (non-hydrogen) atoms. The standard InChI is InChI=1S/C22H34N2O4/c1-4-27-21(26)24-10-8-23(9-11-24)14-17-16-12-18-15(2)6-5-7-22(18,3)13-19(16)28-20(17)25/h12,15-17,19H,4-11,13-14H2,1-3H3/t15-,16+,17+,19-,22+/m1/s1. The van der Waals surface area contributed by atoms with Gasteiger partial charge in [0.25, 0.3) is 0 Å². The van der Waals surface area contributed by atoms with Crippen LogP contribution in [-0.4, -0.2) is 67.3 Å². The number of hydrogen-bond donors (Lipinski definition) is 0. The van der Waals surface area contributed by atoms with E-state index in [0.29, 0.717) is 25.6 Å². The Bertz CT molecular complexity index is 655. The Kier molecular flexibility index (Phi) is 5.43. The summed E-state index contributed by atoms with van der Waals surface area (Å²) in [7, 11) is 0. The third kappa shape index (κ3) is 3.56. The third-order valence-electron chi connectivity index (χ3n) is 7.43. The van der Waals surface area contributed by atoms with Crippen LogP contribution in [0.25, 0.3) is 0 Å². The molecule has 0 N–H and O–H groups in total. The number of allylic oxidation sites excluding steroid dienone is 1. The van der Waals surface area contributed by atoms with Gasteiger partial charge in [-0.3, -0.25) is 9.69 Å². The zero-order valence-corrected chi connectivity index (χ0v) is 17.5. The van der Waals surface area contributed by atoms with Crippen LogP contribution in [0.15, 0.2) is 11.6 Å². The Labute approximate surface area is 168 Å². The Morgan fingerprint density at radius 3 is 2.79 bits per heavy atom. The molecular weight excluding hydrogens is 356 g/mol. The highest BCUT2D eigenvalue weighted by Crippen LogP contribution is 2.53. The number of hydrogen-bond acceptors (Lipinski definition) is 5. The van der Waals surface area contributed by atoms with Crippen molar-refractivity contribution in [1.82, 2.24) is 9.80 Å². The molecule has 0 bridgehead atoms. The lowest BCUT2D eigenvalue weighted by Gasteiger charge is -2.46. The Morgan fingerprint density at radius 1 is 1.32 bits per heavy atom. The quantitative estimate of drug-likeness (QED) is 0.547. The topological polar surface area (TPSA) is 59.1 Å². The zero-order chi connectivity index (χ0) is 19.9. The molecule has 156 valence electrons. The smallest absolute Gasteiger partial charge is 0.409 e. The van der Waals surface area contributed by atoms with Gasteiger partial charge in [0.15, 0.2) is 0 Å². The highest BCUT2D eigenvalue weighted by molar-refractivity contribution is 5.76. The zero-order valence-electron chi connectivity index (χ0n) is 17.5. The molecule has 1 saturated carbocycles. The van der Waals surface area contributed by atoms with Gasteiger partial charge >= 0.3 is 12.1 Å². The first kappa shape index (κ1) is 19.7. The van der Waals surface area contributed by atoms with E-state index in [0.717, 1.165) is 26.1 Å². The molecule has 5 atom stereocenters. The second-order valence-electron chi connectivity index (χ2n) is 9.33. The van der Waals surface area contributed by atoms with E-state index in [-0.39, 0.29) is 35.4 Å². The number of piperazine rings is 1. The normalized spacial score (nSPS) is 38.3. The molecule has 6 nitrogen and oxygen atoms in total. The van der Waals surface area contributed by atoms with Crippen molar-refractivity contribution >= 4 is 12.1 Å². The number of fused-ring (bicyclic) bond motifs is 2. The average molecular weight is 391 g/mol. The molecule has 2 aliphatic carbocycles. The molecule has 2 heterocycles. The van der Waals surface area contributed by atoms with Gasteiger partial charge in [-0.05, 0) is 37.5 Å². The van der Waals surface area contributed by atoms with Crippen LogP contribution in [0.3, 0.4) is 0 Å². The maximum atomic E-state index is 12.7. The van der Waals surface area contributed by atoms with Crippen molar-refractivity contribution in [3.05, 3.63) is 11.6 Å². The SMILES string of the molecule is CCOC(=O)N1CCN(C[C@@H]2C(=O)O[C@@H]3C[C@]4(C)CCC[C@@H](C)C4=C[C@@H]23)CC1. The molecule has 4 rings (SSSR count). The summed E-state index contributed by atoms with van der Waals surface area (Å²) in [6.07, 6.45) is 6.95. The molecule has 0 radical (unpaired) electrons. The third-order valence-corrected chi connectivity index (χ3v) is 7.43. The lowest BCUT2D eigenvalue weighted by Crippen LogP contribution is -2.50. The molecule has 0 unspecified atom stereocenters. The Hall–Kier alpha value is -1.56. The first-order valence-corrected chi connectivity index (χ1v) is 11.0. The summed E-state index contributed by atoms with van der Waals surface area (Å²) in [4.78, 5) is 28.7. The van der Waals surface area contributed by atoms with E-state index in [4.69, 9.17) is 9.47 Å². The first-order valence-electron chi connectivity index (χ1n) is 11.0.